The lowest BCUT2D eigenvalue weighted by molar-refractivity contribution is 0.307. The van der Waals surface area contributed by atoms with E-state index in [-0.39, 0.29) is 27.7 Å². The number of halogens is 2. The largest absolute Gasteiger partial charge is 0.508 e. The van der Waals surface area contributed by atoms with E-state index in [0.29, 0.717) is 11.1 Å². The van der Waals surface area contributed by atoms with Gasteiger partial charge in [-0.1, -0.05) is 26.2 Å². The van der Waals surface area contributed by atoms with Gasteiger partial charge in [-0.2, -0.15) is 0 Å². The van der Waals surface area contributed by atoms with Gasteiger partial charge in [0, 0.05) is 29.3 Å². The molecule has 1 aromatic heterocycles. The van der Waals surface area contributed by atoms with E-state index in [1.165, 1.54) is 41.1 Å². The Morgan fingerprint density at radius 3 is 2.52 bits per heavy atom. The fraction of sp³-hybridized carbons (Fsp3) is 0.318. The highest BCUT2D eigenvalue weighted by Gasteiger charge is 2.32. The van der Waals surface area contributed by atoms with Crippen LogP contribution >= 0.6 is 0 Å². The summed E-state index contributed by atoms with van der Waals surface area (Å²) < 4.78 is 30.1. The fourth-order valence-corrected chi connectivity index (χ4v) is 4.26. The zero-order valence-electron chi connectivity index (χ0n) is 15.1. The van der Waals surface area contributed by atoms with Gasteiger partial charge in [-0.15, -0.1) is 0 Å². The molecule has 1 saturated carbocycles. The van der Waals surface area contributed by atoms with Gasteiger partial charge in [0.1, 0.15) is 17.4 Å². The van der Waals surface area contributed by atoms with Gasteiger partial charge in [0.05, 0.1) is 11.2 Å². The van der Waals surface area contributed by atoms with Crippen LogP contribution in [0.3, 0.4) is 0 Å². The molecule has 3 aromatic rings. The first-order chi connectivity index (χ1) is 12.9. The van der Waals surface area contributed by atoms with Crippen LogP contribution in [0.1, 0.15) is 44.6 Å². The Balaban J connectivity index is 1.89. The molecule has 0 amide bonds. The summed E-state index contributed by atoms with van der Waals surface area (Å²) in [7, 11) is 0. The molecule has 1 aliphatic carbocycles. The zero-order chi connectivity index (χ0) is 19.2. The highest BCUT2D eigenvalue weighted by atomic mass is 19.1. The number of phenols is 1. The van der Waals surface area contributed by atoms with Gasteiger partial charge in [-0.25, -0.2) is 8.78 Å². The van der Waals surface area contributed by atoms with Crippen LogP contribution in [0.25, 0.3) is 16.6 Å². The Bertz CT molecular complexity index is 1080. The van der Waals surface area contributed by atoms with Crippen molar-refractivity contribution in [2.45, 2.75) is 44.4 Å². The Labute approximate surface area is 155 Å². The normalized spacial score (nSPS) is 16.6. The van der Waals surface area contributed by atoms with Gasteiger partial charge in [-0.05, 0) is 42.5 Å². The number of pyridine rings is 1. The van der Waals surface area contributed by atoms with Crippen LogP contribution in [0.15, 0.2) is 47.4 Å². The van der Waals surface area contributed by atoms with Crippen molar-refractivity contribution < 1.29 is 13.9 Å². The molecule has 1 aliphatic rings. The standard InChI is InChI=1S/C22H21F2NO2/c1-22(8-3-2-4-9-22)16-12-17(24)19(13-21(16)27)25-10-7-20(26)15-11-14(23)5-6-18(15)25/h5-7,10-13,27H,2-4,8-9H2,1H3. The van der Waals surface area contributed by atoms with Crippen LogP contribution in [0.4, 0.5) is 8.78 Å². The van der Waals surface area contributed by atoms with E-state index >= 15 is 4.39 Å². The first-order valence-corrected chi connectivity index (χ1v) is 9.23. The molecule has 140 valence electrons. The average Bonchev–Trinajstić information content (AvgIpc) is 2.65. The topological polar surface area (TPSA) is 42.2 Å². The summed E-state index contributed by atoms with van der Waals surface area (Å²) in [4.78, 5) is 12.0. The third kappa shape index (κ3) is 3.01. The van der Waals surface area contributed by atoms with Gasteiger partial charge < -0.3 is 9.67 Å². The number of aromatic hydroxyl groups is 1. The molecule has 0 bridgehead atoms. The molecule has 0 radical (unpaired) electrons. The minimum Gasteiger partial charge on any atom is -0.508 e. The molecule has 0 saturated heterocycles. The van der Waals surface area contributed by atoms with E-state index in [1.807, 2.05) is 0 Å². The Morgan fingerprint density at radius 2 is 1.78 bits per heavy atom. The molecule has 4 rings (SSSR count). The molecule has 5 heteroatoms. The number of hydrogen-bond acceptors (Lipinski definition) is 2. The molecule has 3 nitrogen and oxygen atoms in total. The van der Waals surface area contributed by atoms with E-state index in [2.05, 4.69) is 6.92 Å². The van der Waals surface area contributed by atoms with Crippen molar-refractivity contribution in [1.82, 2.24) is 4.57 Å². The van der Waals surface area contributed by atoms with Crippen molar-refractivity contribution in [3.63, 3.8) is 0 Å². The van der Waals surface area contributed by atoms with Gasteiger partial charge in [-0.3, -0.25) is 4.79 Å². The average molecular weight is 369 g/mol. The summed E-state index contributed by atoms with van der Waals surface area (Å²) in [6, 6.07) is 7.89. The van der Waals surface area contributed by atoms with E-state index < -0.39 is 11.6 Å². The smallest absolute Gasteiger partial charge is 0.189 e. The number of benzene rings is 2. The minimum atomic E-state index is -0.527. The quantitative estimate of drug-likeness (QED) is 0.675. The molecule has 1 fully saturated rings. The summed E-state index contributed by atoms with van der Waals surface area (Å²) >= 11 is 0. The van der Waals surface area contributed by atoms with Gasteiger partial charge in [0.2, 0.25) is 0 Å². The number of nitrogens with zero attached hydrogens (tertiary/aromatic N) is 1. The monoisotopic (exact) mass is 369 g/mol. The van der Waals surface area contributed by atoms with E-state index in [1.54, 1.807) is 0 Å². The molecule has 0 unspecified atom stereocenters. The fourth-order valence-electron chi connectivity index (χ4n) is 4.26. The maximum absolute atomic E-state index is 15.1. The maximum Gasteiger partial charge on any atom is 0.189 e. The van der Waals surface area contributed by atoms with Crippen molar-refractivity contribution in [1.29, 1.82) is 0 Å². The summed E-state index contributed by atoms with van der Waals surface area (Å²) in [5.41, 5.74) is 0.568. The predicted molar refractivity (Wildman–Crippen MR) is 102 cm³/mol. The Morgan fingerprint density at radius 1 is 1.04 bits per heavy atom. The molecular weight excluding hydrogens is 348 g/mol. The van der Waals surface area contributed by atoms with Crippen molar-refractivity contribution in [3.8, 4) is 11.4 Å². The number of fused-ring (bicyclic) bond motifs is 1. The third-order valence-corrected chi connectivity index (χ3v) is 5.79. The highest BCUT2D eigenvalue weighted by Crippen LogP contribution is 2.43. The van der Waals surface area contributed by atoms with E-state index in [4.69, 9.17) is 0 Å². The lowest BCUT2D eigenvalue weighted by Gasteiger charge is -2.34. The molecule has 2 aromatic carbocycles. The molecule has 0 aliphatic heterocycles. The number of phenolic OH excluding ortho intramolecular Hbond substituents is 1. The molecule has 27 heavy (non-hydrogen) atoms. The van der Waals surface area contributed by atoms with Crippen LogP contribution in [-0.2, 0) is 5.41 Å². The first-order valence-electron chi connectivity index (χ1n) is 9.23. The number of rotatable bonds is 2. The van der Waals surface area contributed by atoms with Crippen molar-refractivity contribution in [2.75, 3.05) is 0 Å². The van der Waals surface area contributed by atoms with Crippen LogP contribution in [0.2, 0.25) is 0 Å². The lowest BCUT2D eigenvalue weighted by atomic mass is 9.70. The summed E-state index contributed by atoms with van der Waals surface area (Å²) in [6.45, 7) is 2.07. The summed E-state index contributed by atoms with van der Waals surface area (Å²) in [5.74, 6) is -0.963. The number of hydrogen-bond donors (Lipinski definition) is 1. The lowest BCUT2D eigenvalue weighted by Crippen LogP contribution is -2.25. The van der Waals surface area contributed by atoms with Crippen LogP contribution in [-0.4, -0.2) is 9.67 Å². The third-order valence-electron chi connectivity index (χ3n) is 5.79. The van der Waals surface area contributed by atoms with Gasteiger partial charge in [0.25, 0.3) is 0 Å². The van der Waals surface area contributed by atoms with Crippen LogP contribution in [0.5, 0.6) is 5.75 Å². The van der Waals surface area contributed by atoms with Crippen LogP contribution < -0.4 is 5.43 Å². The predicted octanol–water partition coefficient (Wildman–Crippen LogP) is 5.20. The van der Waals surface area contributed by atoms with Crippen molar-refractivity contribution >= 4 is 10.9 Å². The van der Waals surface area contributed by atoms with Gasteiger partial charge in [0.15, 0.2) is 5.43 Å². The Kier molecular flexibility index (Phi) is 4.25. The van der Waals surface area contributed by atoms with Crippen LogP contribution in [0, 0.1) is 11.6 Å². The molecule has 0 atom stereocenters. The molecule has 1 heterocycles. The first kappa shape index (κ1) is 17.7. The second kappa shape index (κ2) is 6.48. The maximum atomic E-state index is 15.1. The zero-order valence-corrected chi connectivity index (χ0v) is 15.1. The molecular formula is C22H21F2NO2. The second-order valence-electron chi connectivity index (χ2n) is 7.65. The van der Waals surface area contributed by atoms with E-state index in [9.17, 15) is 14.3 Å². The SMILES string of the molecule is CC1(c2cc(F)c(-n3ccc(=O)c4cc(F)ccc43)cc2O)CCCCC1. The molecule has 0 spiro atoms. The Hall–Kier alpha value is -2.69. The summed E-state index contributed by atoms with van der Waals surface area (Å²) in [6.07, 6.45) is 6.57. The second-order valence-corrected chi connectivity index (χ2v) is 7.65. The highest BCUT2D eigenvalue weighted by molar-refractivity contribution is 5.80. The minimum absolute atomic E-state index is 0.0461. The van der Waals surface area contributed by atoms with E-state index in [0.717, 1.165) is 38.2 Å². The van der Waals surface area contributed by atoms with Crippen molar-refractivity contribution in [2.24, 2.45) is 0 Å². The van der Waals surface area contributed by atoms with Crippen molar-refractivity contribution in [3.05, 3.63) is 70.0 Å². The summed E-state index contributed by atoms with van der Waals surface area (Å²) in [5, 5.41) is 10.8. The number of aromatic nitrogens is 1. The van der Waals surface area contributed by atoms with Gasteiger partial charge >= 0.3 is 0 Å². The molecule has 1 N–H and O–H groups in total.